The number of pyridine rings is 1. The van der Waals surface area contributed by atoms with E-state index in [9.17, 15) is 4.79 Å². The fraction of sp³-hybridized carbons (Fsp3) is 0.143. The quantitative estimate of drug-likeness (QED) is 0.547. The lowest BCUT2D eigenvalue weighted by Gasteiger charge is -1.96. The number of rotatable bonds is 1. The molecule has 4 nitrogen and oxygen atoms in total. The van der Waals surface area contributed by atoms with Gasteiger partial charge in [0.25, 0.3) is 5.82 Å². The van der Waals surface area contributed by atoms with Gasteiger partial charge in [0, 0.05) is 6.07 Å². The Balaban J connectivity index is 2.86. The second-order valence-electron chi connectivity index (χ2n) is 2.19. The summed E-state index contributed by atoms with van der Waals surface area (Å²) in [5.74, 6) is 0.681. The van der Waals surface area contributed by atoms with Crippen LogP contribution in [0.15, 0.2) is 24.4 Å². The standard InChI is InChI=1S/C7H9N3O/c1-10-5-3-2-4-6(10)9-7(8)11/h2-5H,1H3,(H2,8,11)/p+1. The highest BCUT2D eigenvalue weighted by molar-refractivity contribution is 5.85. The Morgan fingerprint density at radius 3 is 2.91 bits per heavy atom. The van der Waals surface area contributed by atoms with Crippen molar-refractivity contribution < 1.29 is 9.36 Å². The van der Waals surface area contributed by atoms with Crippen molar-refractivity contribution in [2.75, 3.05) is 5.32 Å². The third-order valence-electron chi connectivity index (χ3n) is 1.31. The minimum Gasteiger partial charge on any atom is -0.331 e. The van der Waals surface area contributed by atoms with Crippen molar-refractivity contribution in [2.24, 2.45) is 12.8 Å². The van der Waals surface area contributed by atoms with Gasteiger partial charge in [0.05, 0.1) is 13.2 Å². The van der Waals surface area contributed by atoms with Crippen molar-refractivity contribution in [1.82, 2.24) is 0 Å². The minimum absolute atomic E-state index is 0.549. The first-order valence-corrected chi connectivity index (χ1v) is 3.21. The molecule has 0 saturated heterocycles. The number of anilines is 1. The predicted octanol–water partition coefficient (Wildman–Crippen LogP) is 0.00170. The van der Waals surface area contributed by atoms with Gasteiger partial charge in [-0.05, 0) is 6.07 Å². The highest BCUT2D eigenvalue weighted by atomic mass is 16.2. The van der Waals surface area contributed by atoms with Gasteiger partial charge < -0.3 is 5.73 Å². The molecule has 0 radical (unpaired) electrons. The molecule has 0 unspecified atom stereocenters. The van der Waals surface area contributed by atoms with Gasteiger partial charge in [-0.25, -0.2) is 9.36 Å². The molecule has 0 fully saturated rings. The fourth-order valence-electron chi connectivity index (χ4n) is 0.779. The van der Waals surface area contributed by atoms with Crippen LogP contribution >= 0.6 is 0 Å². The minimum atomic E-state index is -0.549. The average Bonchev–Trinajstić information content (AvgIpc) is 1.93. The number of hydrogen-bond acceptors (Lipinski definition) is 1. The summed E-state index contributed by atoms with van der Waals surface area (Å²) in [7, 11) is 1.82. The van der Waals surface area contributed by atoms with Crippen LogP contribution in [0, 0.1) is 0 Å². The molecule has 3 N–H and O–H groups in total. The molecule has 0 aliphatic carbocycles. The number of nitrogens with zero attached hydrogens (tertiary/aromatic N) is 1. The molecule has 1 rings (SSSR count). The fourth-order valence-corrected chi connectivity index (χ4v) is 0.779. The van der Waals surface area contributed by atoms with Gasteiger partial charge in [0.1, 0.15) is 0 Å². The van der Waals surface area contributed by atoms with Crippen LogP contribution in [-0.2, 0) is 7.05 Å². The first-order valence-electron chi connectivity index (χ1n) is 3.21. The third-order valence-corrected chi connectivity index (χ3v) is 1.31. The molecule has 1 aromatic heterocycles. The zero-order valence-corrected chi connectivity index (χ0v) is 6.24. The van der Waals surface area contributed by atoms with Crippen molar-refractivity contribution in [2.45, 2.75) is 0 Å². The molecule has 2 amide bonds. The first-order chi connectivity index (χ1) is 5.20. The second kappa shape index (κ2) is 3.01. The summed E-state index contributed by atoms with van der Waals surface area (Å²) in [6.07, 6.45) is 1.82. The largest absolute Gasteiger partial charge is 0.404 e. The Kier molecular flexibility index (Phi) is 2.06. The molecular formula is C7H10N3O+. The molecule has 58 valence electrons. The van der Waals surface area contributed by atoms with Crippen molar-refractivity contribution in [3.63, 3.8) is 0 Å². The van der Waals surface area contributed by atoms with E-state index in [1.165, 1.54) is 0 Å². The summed E-state index contributed by atoms with van der Waals surface area (Å²) >= 11 is 0. The summed E-state index contributed by atoms with van der Waals surface area (Å²) in [6, 6.07) is 4.91. The Hall–Kier alpha value is -1.58. The zero-order valence-electron chi connectivity index (χ0n) is 6.24. The van der Waals surface area contributed by atoms with E-state index in [0.29, 0.717) is 5.82 Å². The van der Waals surface area contributed by atoms with Crippen molar-refractivity contribution in [3.05, 3.63) is 24.4 Å². The number of nitrogens with one attached hydrogen (secondary N) is 1. The Morgan fingerprint density at radius 2 is 2.36 bits per heavy atom. The number of aromatic nitrogens is 1. The third kappa shape index (κ3) is 1.93. The molecule has 0 aliphatic heterocycles. The lowest BCUT2D eigenvalue weighted by atomic mass is 10.4. The van der Waals surface area contributed by atoms with E-state index < -0.39 is 6.03 Å². The van der Waals surface area contributed by atoms with Crippen LogP contribution in [-0.4, -0.2) is 6.03 Å². The number of urea groups is 1. The second-order valence-corrected chi connectivity index (χ2v) is 2.19. The van der Waals surface area contributed by atoms with Gasteiger partial charge in [0.15, 0.2) is 0 Å². The van der Waals surface area contributed by atoms with Crippen LogP contribution in [0.5, 0.6) is 0 Å². The van der Waals surface area contributed by atoms with Crippen LogP contribution in [0.1, 0.15) is 0 Å². The molecule has 0 aromatic carbocycles. The zero-order chi connectivity index (χ0) is 8.27. The topological polar surface area (TPSA) is 59.0 Å². The number of primary amides is 1. The summed E-state index contributed by atoms with van der Waals surface area (Å²) in [4.78, 5) is 10.4. The lowest BCUT2D eigenvalue weighted by molar-refractivity contribution is -0.656. The van der Waals surface area contributed by atoms with Gasteiger partial charge >= 0.3 is 6.03 Å². The van der Waals surface area contributed by atoms with Crippen molar-refractivity contribution in [3.8, 4) is 0 Å². The summed E-state index contributed by atoms with van der Waals surface area (Å²) in [5, 5.41) is 2.47. The van der Waals surface area contributed by atoms with E-state index in [0.717, 1.165) is 0 Å². The van der Waals surface area contributed by atoms with Crippen LogP contribution < -0.4 is 15.6 Å². The SMILES string of the molecule is C[n+]1ccccc1NC(N)=O. The van der Waals surface area contributed by atoms with Gasteiger partial charge in [-0.1, -0.05) is 6.07 Å². The Morgan fingerprint density at radius 1 is 1.64 bits per heavy atom. The van der Waals surface area contributed by atoms with E-state index in [-0.39, 0.29) is 0 Å². The van der Waals surface area contributed by atoms with E-state index in [1.807, 2.05) is 25.4 Å². The maximum atomic E-state index is 10.4. The summed E-state index contributed by atoms with van der Waals surface area (Å²) < 4.78 is 1.77. The summed E-state index contributed by atoms with van der Waals surface area (Å²) in [6.45, 7) is 0. The number of nitrogens with two attached hydrogens (primary N) is 1. The van der Waals surface area contributed by atoms with E-state index >= 15 is 0 Å². The molecule has 0 aliphatic rings. The highest BCUT2D eigenvalue weighted by Crippen LogP contribution is 1.94. The van der Waals surface area contributed by atoms with E-state index in [4.69, 9.17) is 5.73 Å². The number of aryl methyl sites for hydroxylation is 1. The predicted molar refractivity (Wildman–Crippen MR) is 40.8 cm³/mol. The van der Waals surface area contributed by atoms with Crippen LogP contribution in [0.2, 0.25) is 0 Å². The Bertz CT molecular complexity index is 272. The molecule has 0 spiro atoms. The molecule has 0 bridgehead atoms. The Labute approximate surface area is 64.6 Å². The molecule has 0 saturated carbocycles. The molecular weight excluding hydrogens is 142 g/mol. The number of carbonyl (C=O) groups is 1. The van der Waals surface area contributed by atoms with Gasteiger partial charge in [0.2, 0.25) is 0 Å². The van der Waals surface area contributed by atoms with Gasteiger partial charge in [-0.3, -0.25) is 0 Å². The smallest absolute Gasteiger partial charge is 0.331 e. The molecule has 0 atom stereocenters. The first kappa shape index (κ1) is 7.53. The average molecular weight is 152 g/mol. The monoisotopic (exact) mass is 152 g/mol. The molecule has 1 aromatic rings. The van der Waals surface area contributed by atoms with Crippen LogP contribution in [0.3, 0.4) is 0 Å². The van der Waals surface area contributed by atoms with Crippen molar-refractivity contribution >= 4 is 11.8 Å². The lowest BCUT2D eigenvalue weighted by Crippen LogP contribution is -2.35. The van der Waals surface area contributed by atoms with Gasteiger partial charge in [-0.15, -0.1) is 0 Å². The maximum absolute atomic E-state index is 10.4. The normalized spacial score (nSPS) is 9.18. The summed E-state index contributed by atoms with van der Waals surface area (Å²) in [5.41, 5.74) is 4.93. The van der Waals surface area contributed by atoms with Crippen LogP contribution in [0.25, 0.3) is 0 Å². The number of carbonyl (C=O) groups excluding carboxylic acids is 1. The van der Waals surface area contributed by atoms with Crippen molar-refractivity contribution in [1.29, 1.82) is 0 Å². The highest BCUT2D eigenvalue weighted by Gasteiger charge is 2.05. The van der Waals surface area contributed by atoms with E-state index in [1.54, 1.807) is 10.6 Å². The maximum Gasteiger partial charge on any atom is 0.404 e. The van der Waals surface area contributed by atoms with E-state index in [2.05, 4.69) is 5.32 Å². The number of amides is 2. The molecule has 1 heterocycles. The molecule has 11 heavy (non-hydrogen) atoms. The van der Waals surface area contributed by atoms with Crippen LogP contribution in [0.4, 0.5) is 10.6 Å². The number of hydrogen-bond donors (Lipinski definition) is 2. The van der Waals surface area contributed by atoms with Gasteiger partial charge in [-0.2, -0.15) is 5.32 Å². The molecule has 4 heteroatoms.